The average Bonchev–Trinajstić information content (AvgIpc) is 3.49. The summed E-state index contributed by atoms with van der Waals surface area (Å²) in [5.74, 6) is 0. The molecule has 0 amide bonds. The van der Waals surface area contributed by atoms with Crippen molar-refractivity contribution < 1.29 is 4.42 Å². The fourth-order valence-electron chi connectivity index (χ4n) is 7.63. The minimum Gasteiger partial charge on any atom is -0.455 e. The first-order chi connectivity index (χ1) is 23.3. The monoisotopic (exact) mass is 596 g/mol. The van der Waals surface area contributed by atoms with E-state index in [-0.39, 0.29) is 0 Å². The molecule has 0 fully saturated rings. The van der Waals surface area contributed by atoms with E-state index in [0.29, 0.717) is 0 Å². The molecule has 9 aromatic carbocycles. The van der Waals surface area contributed by atoms with Crippen LogP contribution in [-0.2, 0) is 0 Å². The first kappa shape index (κ1) is 26.1. The van der Waals surface area contributed by atoms with Crippen LogP contribution in [-0.4, -0.2) is 0 Å². The normalized spacial score (nSPS) is 11.8. The lowest BCUT2D eigenvalue weighted by atomic mass is 9.84. The van der Waals surface area contributed by atoms with Gasteiger partial charge in [-0.15, -0.1) is 0 Å². The van der Waals surface area contributed by atoms with Gasteiger partial charge in [-0.2, -0.15) is 0 Å². The van der Waals surface area contributed by atoms with E-state index in [1.807, 2.05) is 0 Å². The SMILES string of the molecule is c1ccc(-c2cc(-c3c4ccccc4c(-c4ccc5ccccc5c4)c4ccccc34)cc3c2oc2cc4ccccc4cc23)cc1. The van der Waals surface area contributed by atoms with Crippen LogP contribution < -0.4 is 0 Å². The molecule has 218 valence electrons. The molecule has 0 saturated carbocycles. The van der Waals surface area contributed by atoms with Crippen molar-refractivity contribution in [3.63, 3.8) is 0 Å². The summed E-state index contributed by atoms with van der Waals surface area (Å²) in [6, 6.07) is 61.6. The Morgan fingerprint density at radius 3 is 1.49 bits per heavy atom. The van der Waals surface area contributed by atoms with Crippen LogP contribution in [0.15, 0.2) is 174 Å². The van der Waals surface area contributed by atoms with E-state index < -0.39 is 0 Å². The first-order valence-corrected chi connectivity index (χ1v) is 16.2. The zero-order valence-electron chi connectivity index (χ0n) is 25.6. The van der Waals surface area contributed by atoms with Crippen LogP contribution in [0.3, 0.4) is 0 Å². The van der Waals surface area contributed by atoms with Crippen molar-refractivity contribution in [3.05, 3.63) is 170 Å². The molecule has 0 unspecified atom stereocenters. The van der Waals surface area contributed by atoms with Crippen molar-refractivity contribution >= 4 is 65.0 Å². The van der Waals surface area contributed by atoms with E-state index in [2.05, 4.69) is 170 Å². The molecular formula is C46H28O. The van der Waals surface area contributed by atoms with Crippen LogP contribution in [0.25, 0.3) is 98.4 Å². The Morgan fingerprint density at radius 2 is 0.830 bits per heavy atom. The third kappa shape index (κ3) is 4.03. The fraction of sp³-hybridized carbons (Fsp3) is 0. The maximum atomic E-state index is 6.72. The lowest BCUT2D eigenvalue weighted by Crippen LogP contribution is -1.91. The van der Waals surface area contributed by atoms with Crippen molar-refractivity contribution in [1.82, 2.24) is 0 Å². The average molecular weight is 597 g/mol. The number of hydrogen-bond donors (Lipinski definition) is 0. The highest BCUT2D eigenvalue weighted by molar-refractivity contribution is 6.23. The number of hydrogen-bond acceptors (Lipinski definition) is 1. The van der Waals surface area contributed by atoms with E-state index >= 15 is 0 Å². The molecule has 0 N–H and O–H groups in total. The first-order valence-electron chi connectivity index (χ1n) is 16.2. The van der Waals surface area contributed by atoms with Gasteiger partial charge in [-0.05, 0) is 101 Å². The predicted molar refractivity (Wildman–Crippen MR) is 200 cm³/mol. The van der Waals surface area contributed by atoms with Gasteiger partial charge >= 0.3 is 0 Å². The third-order valence-electron chi connectivity index (χ3n) is 9.78. The van der Waals surface area contributed by atoms with Gasteiger partial charge in [0.05, 0.1) is 0 Å². The topological polar surface area (TPSA) is 13.1 Å². The van der Waals surface area contributed by atoms with E-state index in [9.17, 15) is 0 Å². The largest absolute Gasteiger partial charge is 0.455 e. The second-order valence-electron chi connectivity index (χ2n) is 12.5. The molecule has 0 aliphatic rings. The van der Waals surface area contributed by atoms with Crippen molar-refractivity contribution in [2.75, 3.05) is 0 Å². The van der Waals surface area contributed by atoms with Crippen LogP contribution in [0, 0.1) is 0 Å². The molecule has 1 aromatic heterocycles. The Labute approximate surface area is 271 Å². The predicted octanol–water partition coefficient (Wildman–Crippen LogP) is 13.2. The minimum absolute atomic E-state index is 0.911. The highest BCUT2D eigenvalue weighted by Crippen LogP contribution is 2.47. The van der Waals surface area contributed by atoms with Crippen molar-refractivity contribution in [1.29, 1.82) is 0 Å². The molecule has 10 rings (SSSR count). The maximum Gasteiger partial charge on any atom is 0.143 e. The lowest BCUT2D eigenvalue weighted by molar-refractivity contribution is 0.670. The smallest absolute Gasteiger partial charge is 0.143 e. The second-order valence-corrected chi connectivity index (χ2v) is 12.5. The summed E-state index contributed by atoms with van der Waals surface area (Å²) in [6.07, 6.45) is 0. The Hall–Kier alpha value is -6.18. The zero-order valence-corrected chi connectivity index (χ0v) is 25.6. The number of rotatable bonds is 3. The van der Waals surface area contributed by atoms with Gasteiger partial charge in [0.25, 0.3) is 0 Å². The van der Waals surface area contributed by atoms with Gasteiger partial charge in [-0.25, -0.2) is 0 Å². The summed E-state index contributed by atoms with van der Waals surface area (Å²) < 4.78 is 6.72. The number of furan rings is 1. The van der Waals surface area contributed by atoms with Gasteiger partial charge in [0, 0.05) is 16.3 Å². The van der Waals surface area contributed by atoms with Gasteiger partial charge in [-0.3, -0.25) is 0 Å². The Balaban J connectivity index is 1.33. The third-order valence-corrected chi connectivity index (χ3v) is 9.78. The Kier molecular flexibility index (Phi) is 5.64. The highest BCUT2D eigenvalue weighted by Gasteiger charge is 2.20. The van der Waals surface area contributed by atoms with Crippen LogP contribution in [0.4, 0.5) is 0 Å². The summed E-state index contributed by atoms with van der Waals surface area (Å²) in [5, 5.41) is 12.2. The standard InChI is InChI=1S/C46H28O/c1-2-13-30(14-3-1)40-26-35(27-42-41-25-32-16-6-7-17-33(32)28-43(41)47-46(40)42)45-38-20-10-8-18-36(38)44(37-19-9-11-21-39(37)45)34-23-22-29-12-4-5-15-31(29)24-34/h1-28H. The molecule has 0 radical (unpaired) electrons. The molecule has 0 aliphatic heterocycles. The molecule has 1 heteroatoms. The molecule has 0 aliphatic carbocycles. The molecule has 0 atom stereocenters. The molecule has 1 nitrogen and oxygen atoms in total. The zero-order chi connectivity index (χ0) is 30.9. The summed E-state index contributed by atoms with van der Waals surface area (Å²) in [4.78, 5) is 0. The van der Waals surface area contributed by atoms with Gasteiger partial charge in [0.1, 0.15) is 11.2 Å². The molecule has 0 saturated heterocycles. The van der Waals surface area contributed by atoms with E-state index in [1.165, 1.54) is 65.3 Å². The van der Waals surface area contributed by atoms with Crippen molar-refractivity contribution in [3.8, 4) is 33.4 Å². The fourth-order valence-corrected chi connectivity index (χ4v) is 7.63. The summed E-state index contributed by atoms with van der Waals surface area (Å²) in [6.45, 7) is 0. The van der Waals surface area contributed by atoms with E-state index in [4.69, 9.17) is 4.42 Å². The molecule has 0 bridgehead atoms. The molecule has 47 heavy (non-hydrogen) atoms. The molecule has 0 spiro atoms. The Bertz CT molecular complexity index is 2780. The molecule has 10 aromatic rings. The van der Waals surface area contributed by atoms with Gasteiger partial charge in [-0.1, -0.05) is 140 Å². The van der Waals surface area contributed by atoms with Crippen molar-refractivity contribution in [2.24, 2.45) is 0 Å². The molecule has 1 heterocycles. The van der Waals surface area contributed by atoms with E-state index in [0.717, 1.165) is 33.1 Å². The summed E-state index contributed by atoms with van der Waals surface area (Å²) >= 11 is 0. The van der Waals surface area contributed by atoms with Crippen molar-refractivity contribution in [2.45, 2.75) is 0 Å². The van der Waals surface area contributed by atoms with Crippen LogP contribution in [0.1, 0.15) is 0 Å². The summed E-state index contributed by atoms with van der Waals surface area (Å²) in [7, 11) is 0. The van der Waals surface area contributed by atoms with Crippen LogP contribution >= 0.6 is 0 Å². The van der Waals surface area contributed by atoms with E-state index in [1.54, 1.807) is 0 Å². The molecular weight excluding hydrogens is 569 g/mol. The quantitative estimate of drug-likeness (QED) is 0.185. The maximum absolute atomic E-state index is 6.72. The summed E-state index contributed by atoms with van der Waals surface area (Å²) in [5.41, 5.74) is 9.02. The lowest BCUT2D eigenvalue weighted by Gasteiger charge is -2.18. The minimum atomic E-state index is 0.911. The Morgan fingerprint density at radius 1 is 0.298 bits per heavy atom. The highest BCUT2D eigenvalue weighted by atomic mass is 16.3. The second kappa shape index (κ2) is 10.2. The van der Waals surface area contributed by atoms with Gasteiger partial charge in [0.15, 0.2) is 0 Å². The van der Waals surface area contributed by atoms with Gasteiger partial charge in [0.2, 0.25) is 0 Å². The van der Waals surface area contributed by atoms with Gasteiger partial charge < -0.3 is 4.42 Å². The van der Waals surface area contributed by atoms with Crippen LogP contribution in [0.5, 0.6) is 0 Å². The number of fused-ring (bicyclic) bond motifs is 7. The van der Waals surface area contributed by atoms with Crippen LogP contribution in [0.2, 0.25) is 0 Å². The number of benzene rings is 9.